The molecule has 2 aromatic rings. The lowest BCUT2D eigenvalue weighted by Gasteiger charge is -2.33. The van der Waals surface area contributed by atoms with Gasteiger partial charge in [-0.1, -0.05) is 23.4 Å². The largest absolute Gasteiger partial charge is 0.497 e. The van der Waals surface area contributed by atoms with Gasteiger partial charge >= 0.3 is 0 Å². The molecule has 0 spiro atoms. The quantitative estimate of drug-likeness (QED) is 0.767. The second-order valence-corrected chi connectivity index (χ2v) is 5.78. The summed E-state index contributed by atoms with van der Waals surface area (Å²) in [5, 5.41) is 4.00. The number of hydrogen-bond donors (Lipinski definition) is 0. The molecule has 122 valence electrons. The minimum atomic E-state index is 0.822. The molecule has 1 saturated heterocycles. The van der Waals surface area contributed by atoms with Crippen LogP contribution in [-0.4, -0.2) is 54.8 Å². The second kappa shape index (κ2) is 7.44. The summed E-state index contributed by atoms with van der Waals surface area (Å²) >= 11 is 0. The maximum atomic E-state index is 5.50. The van der Waals surface area contributed by atoms with Crippen LogP contribution in [0.1, 0.15) is 5.56 Å². The predicted octanol–water partition coefficient (Wildman–Crippen LogP) is 2.65. The van der Waals surface area contributed by atoms with Gasteiger partial charge in [0.15, 0.2) is 5.76 Å². The van der Waals surface area contributed by atoms with E-state index in [1.807, 2.05) is 36.5 Å². The van der Waals surface area contributed by atoms with Crippen molar-refractivity contribution < 1.29 is 9.26 Å². The molecule has 5 heteroatoms. The van der Waals surface area contributed by atoms with E-state index in [1.54, 1.807) is 7.11 Å². The number of ether oxygens (including phenoxy) is 1. The zero-order valence-electron chi connectivity index (χ0n) is 13.6. The normalized spacial score (nSPS) is 16.4. The van der Waals surface area contributed by atoms with Gasteiger partial charge in [0, 0.05) is 50.4 Å². The van der Waals surface area contributed by atoms with Gasteiger partial charge in [0.1, 0.15) is 5.75 Å². The van der Waals surface area contributed by atoms with Crippen molar-refractivity contribution in [2.24, 2.45) is 0 Å². The van der Waals surface area contributed by atoms with E-state index in [2.05, 4.69) is 21.5 Å². The van der Waals surface area contributed by atoms with Crippen molar-refractivity contribution in [3.05, 3.63) is 48.7 Å². The number of rotatable bonds is 6. The zero-order valence-corrected chi connectivity index (χ0v) is 13.6. The van der Waals surface area contributed by atoms with Gasteiger partial charge in [-0.3, -0.25) is 9.80 Å². The fraction of sp³-hybridized carbons (Fsp3) is 0.389. The molecule has 0 saturated carbocycles. The van der Waals surface area contributed by atoms with Crippen LogP contribution >= 0.6 is 0 Å². The van der Waals surface area contributed by atoms with E-state index < -0.39 is 0 Å². The number of aromatic nitrogens is 1. The Bertz CT molecular complexity index is 645. The second-order valence-electron chi connectivity index (χ2n) is 5.78. The molecule has 3 rings (SSSR count). The summed E-state index contributed by atoms with van der Waals surface area (Å²) in [6.07, 6.45) is 3.79. The molecule has 1 aliphatic heterocycles. The Labute approximate surface area is 137 Å². The molecule has 1 fully saturated rings. The van der Waals surface area contributed by atoms with Gasteiger partial charge in [-0.15, -0.1) is 6.58 Å². The van der Waals surface area contributed by atoms with Gasteiger partial charge in [0.2, 0.25) is 0 Å². The molecule has 1 aromatic heterocycles. The molecule has 1 aliphatic rings. The third-order valence-electron chi connectivity index (χ3n) is 4.22. The van der Waals surface area contributed by atoms with Gasteiger partial charge in [0.25, 0.3) is 0 Å². The smallest absolute Gasteiger partial charge is 0.171 e. The highest BCUT2D eigenvalue weighted by Crippen LogP contribution is 2.27. The summed E-state index contributed by atoms with van der Waals surface area (Å²) in [4.78, 5) is 4.86. The van der Waals surface area contributed by atoms with Crippen molar-refractivity contribution >= 4 is 0 Å². The highest BCUT2D eigenvalue weighted by molar-refractivity contribution is 5.62. The molecule has 0 radical (unpaired) electrons. The Hall–Kier alpha value is -2.11. The Balaban J connectivity index is 1.68. The van der Waals surface area contributed by atoms with Crippen LogP contribution in [0.3, 0.4) is 0 Å². The molecular weight excluding hydrogens is 290 g/mol. The predicted molar refractivity (Wildman–Crippen MR) is 90.4 cm³/mol. The van der Waals surface area contributed by atoms with Crippen LogP contribution in [0, 0.1) is 0 Å². The standard InChI is InChI=1S/C18H23N3O2/c1-3-7-20-8-10-21(11-9-20)14-16-13-19-23-18(16)15-5-4-6-17(12-15)22-2/h3-6,12-13H,1,7-11,14H2,2H3. The third kappa shape index (κ3) is 3.81. The average molecular weight is 313 g/mol. The van der Waals surface area contributed by atoms with Crippen molar-refractivity contribution in [1.82, 2.24) is 15.0 Å². The molecule has 5 nitrogen and oxygen atoms in total. The van der Waals surface area contributed by atoms with Gasteiger partial charge in [-0.2, -0.15) is 0 Å². The molecule has 0 unspecified atom stereocenters. The van der Waals surface area contributed by atoms with Crippen LogP contribution in [0.5, 0.6) is 5.75 Å². The first-order valence-electron chi connectivity index (χ1n) is 7.93. The Kier molecular flexibility index (Phi) is 5.10. The zero-order chi connectivity index (χ0) is 16.1. The minimum Gasteiger partial charge on any atom is -0.497 e. The first-order chi connectivity index (χ1) is 11.3. The van der Waals surface area contributed by atoms with E-state index in [0.717, 1.165) is 61.9 Å². The van der Waals surface area contributed by atoms with Crippen molar-refractivity contribution in [2.75, 3.05) is 39.8 Å². The topological polar surface area (TPSA) is 41.7 Å². The number of piperazine rings is 1. The summed E-state index contributed by atoms with van der Waals surface area (Å²) in [6, 6.07) is 7.90. The van der Waals surface area contributed by atoms with Crippen LogP contribution in [0.25, 0.3) is 11.3 Å². The third-order valence-corrected chi connectivity index (χ3v) is 4.22. The van der Waals surface area contributed by atoms with Gasteiger partial charge < -0.3 is 9.26 Å². The fourth-order valence-corrected chi connectivity index (χ4v) is 2.93. The van der Waals surface area contributed by atoms with Crippen molar-refractivity contribution in [2.45, 2.75) is 6.54 Å². The van der Waals surface area contributed by atoms with Crippen LogP contribution in [-0.2, 0) is 6.54 Å². The molecule has 0 N–H and O–H groups in total. The fourth-order valence-electron chi connectivity index (χ4n) is 2.93. The lowest BCUT2D eigenvalue weighted by atomic mass is 10.1. The van der Waals surface area contributed by atoms with E-state index in [4.69, 9.17) is 9.26 Å². The minimum absolute atomic E-state index is 0.822. The lowest BCUT2D eigenvalue weighted by Crippen LogP contribution is -2.45. The average Bonchev–Trinajstić information content (AvgIpc) is 3.05. The molecular formula is C18H23N3O2. The number of methoxy groups -OCH3 is 1. The van der Waals surface area contributed by atoms with E-state index in [-0.39, 0.29) is 0 Å². The molecule has 0 aliphatic carbocycles. The summed E-state index contributed by atoms with van der Waals surface area (Å²) in [5.74, 6) is 1.65. The van der Waals surface area contributed by atoms with Crippen molar-refractivity contribution in [1.29, 1.82) is 0 Å². The maximum Gasteiger partial charge on any atom is 0.171 e. The van der Waals surface area contributed by atoms with E-state index in [9.17, 15) is 0 Å². The van der Waals surface area contributed by atoms with Gasteiger partial charge in [-0.05, 0) is 12.1 Å². The van der Waals surface area contributed by atoms with Crippen molar-refractivity contribution in [3.8, 4) is 17.1 Å². The van der Waals surface area contributed by atoms with Crippen molar-refractivity contribution in [3.63, 3.8) is 0 Å². The molecule has 0 bridgehead atoms. The van der Waals surface area contributed by atoms with Crippen LogP contribution < -0.4 is 4.74 Å². The molecule has 2 heterocycles. The first kappa shape index (κ1) is 15.8. The monoisotopic (exact) mass is 313 g/mol. The summed E-state index contributed by atoms with van der Waals surface area (Å²) < 4.78 is 10.8. The Morgan fingerprint density at radius 3 is 2.78 bits per heavy atom. The number of benzene rings is 1. The Morgan fingerprint density at radius 2 is 2.04 bits per heavy atom. The molecule has 1 aromatic carbocycles. The summed E-state index contributed by atoms with van der Waals surface area (Å²) in [5.41, 5.74) is 2.12. The first-order valence-corrected chi connectivity index (χ1v) is 7.93. The van der Waals surface area contributed by atoms with E-state index >= 15 is 0 Å². The maximum absolute atomic E-state index is 5.50. The van der Waals surface area contributed by atoms with Crippen LogP contribution in [0.4, 0.5) is 0 Å². The lowest BCUT2D eigenvalue weighted by molar-refractivity contribution is 0.137. The summed E-state index contributed by atoms with van der Waals surface area (Å²) in [6.45, 7) is 9.89. The Morgan fingerprint density at radius 1 is 1.26 bits per heavy atom. The van der Waals surface area contributed by atoms with Gasteiger partial charge in [-0.25, -0.2) is 0 Å². The van der Waals surface area contributed by atoms with E-state index in [1.165, 1.54) is 0 Å². The van der Waals surface area contributed by atoms with Gasteiger partial charge in [0.05, 0.1) is 13.3 Å². The highest BCUT2D eigenvalue weighted by atomic mass is 16.5. The van der Waals surface area contributed by atoms with Crippen LogP contribution in [0.2, 0.25) is 0 Å². The number of hydrogen-bond acceptors (Lipinski definition) is 5. The number of nitrogens with zero attached hydrogens (tertiary/aromatic N) is 3. The summed E-state index contributed by atoms with van der Waals surface area (Å²) in [7, 11) is 1.67. The molecule has 23 heavy (non-hydrogen) atoms. The molecule has 0 atom stereocenters. The van der Waals surface area contributed by atoms with E-state index in [0.29, 0.717) is 0 Å². The van der Waals surface area contributed by atoms with Crippen LogP contribution in [0.15, 0.2) is 47.6 Å². The SMILES string of the molecule is C=CCN1CCN(Cc2cnoc2-c2cccc(OC)c2)CC1. The highest BCUT2D eigenvalue weighted by Gasteiger charge is 2.19. The molecule has 0 amide bonds.